The molecule has 7 atom stereocenters. The number of unbranched alkanes of at least 4 members (excludes halogenated alkanes) is 8. The summed E-state index contributed by atoms with van der Waals surface area (Å²) in [4.78, 5) is 28.3. The maximum atomic E-state index is 13.3. The van der Waals surface area contributed by atoms with Crippen molar-refractivity contribution < 1.29 is 14.3 Å². The SMILES string of the molecule is CC.CC(C)CCCCC1CCC2C3CC=C4CC(OC(=O)CN(CCCCCCCCN)C(=O)CCCCCN)CCC4(C)C3CCC12C. The minimum Gasteiger partial charge on any atom is -0.461 e. The quantitative estimate of drug-likeness (QED) is 0.0706. The molecule has 50 heavy (non-hydrogen) atoms. The molecule has 7 unspecified atom stereocenters. The van der Waals surface area contributed by atoms with Gasteiger partial charge in [-0.3, -0.25) is 9.59 Å². The molecular formula is C44H81N3O3. The van der Waals surface area contributed by atoms with Crippen LogP contribution in [0.5, 0.6) is 0 Å². The Morgan fingerprint density at radius 1 is 0.840 bits per heavy atom. The van der Waals surface area contributed by atoms with Crippen LogP contribution in [0.3, 0.4) is 0 Å². The van der Waals surface area contributed by atoms with Crippen molar-refractivity contribution in [1.82, 2.24) is 4.90 Å². The first-order valence-electron chi connectivity index (χ1n) is 21.7. The number of allylic oxidation sites excluding steroid dienone is 1. The van der Waals surface area contributed by atoms with Crippen LogP contribution in [0.4, 0.5) is 0 Å². The van der Waals surface area contributed by atoms with E-state index in [4.69, 9.17) is 16.2 Å². The molecule has 0 bridgehead atoms. The van der Waals surface area contributed by atoms with Crippen molar-refractivity contribution in [2.45, 2.75) is 189 Å². The van der Waals surface area contributed by atoms with Gasteiger partial charge in [-0.2, -0.15) is 0 Å². The highest BCUT2D eigenvalue weighted by atomic mass is 16.5. The van der Waals surface area contributed by atoms with Gasteiger partial charge in [-0.05, 0) is 131 Å². The number of rotatable bonds is 21. The van der Waals surface area contributed by atoms with E-state index in [-0.39, 0.29) is 29.9 Å². The van der Waals surface area contributed by atoms with E-state index in [1.165, 1.54) is 70.6 Å². The van der Waals surface area contributed by atoms with Crippen molar-refractivity contribution in [3.8, 4) is 0 Å². The van der Waals surface area contributed by atoms with Crippen molar-refractivity contribution in [2.75, 3.05) is 26.2 Å². The molecule has 1 amide bonds. The zero-order valence-corrected chi connectivity index (χ0v) is 33.8. The molecular weight excluding hydrogens is 619 g/mol. The van der Waals surface area contributed by atoms with Crippen LogP contribution in [-0.4, -0.2) is 49.1 Å². The van der Waals surface area contributed by atoms with Crippen LogP contribution in [-0.2, 0) is 14.3 Å². The fourth-order valence-corrected chi connectivity index (χ4v) is 10.8. The highest BCUT2D eigenvalue weighted by Crippen LogP contribution is 2.66. The minimum absolute atomic E-state index is 0.0621. The van der Waals surface area contributed by atoms with Gasteiger partial charge < -0.3 is 21.1 Å². The molecule has 0 heterocycles. The summed E-state index contributed by atoms with van der Waals surface area (Å²) in [5.74, 6) is 4.07. The Bertz CT molecular complexity index is 1030. The van der Waals surface area contributed by atoms with Gasteiger partial charge in [-0.15, -0.1) is 0 Å². The van der Waals surface area contributed by atoms with E-state index in [2.05, 4.69) is 33.8 Å². The molecule has 0 spiro atoms. The molecule has 6 nitrogen and oxygen atoms in total. The Kier molecular flexibility index (Phi) is 18.9. The topological polar surface area (TPSA) is 98.6 Å². The number of carbonyl (C=O) groups excluding carboxylic acids is 2. The summed E-state index contributed by atoms with van der Waals surface area (Å²) in [6.07, 6.45) is 27.8. The maximum absolute atomic E-state index is 13.3. The molecule has 0 aromatic carbocycles. The third-order valence-electron chi connectivity index (χ3n) is 13.8. The number of nitrogens with two attached hydrogens (primary N) is 2. The van der Waals surface area contributed by atoms with Crippen molar-refractivity contribution in [2.24, 2.45) is 51.9 Å². The number of hydrogen-bond donors (Lipinski definition) is 2. The number of esters is 1. The first-order chi connectivity index (χ1) is 24.1. The Morgan fingerprint density at radius 2 is 1.52 bits per heavy atom. The molecule has 6 heteroatoms. The van der Waals surface area contributed by atoms with Gasteiger partial charge in [0.25, 0.3) is 0 Å². The van der Waals surface area contributed by atoms with Crippen molar-refractivity contribution in [3.63, 3.8) is 0 Å². The average molecular weight is 700 g/mol. The van der Waals surface area contributed by atoms with Crippen LogP contribution in [0.2, 0.25) is 0 Å². The molecule has 290 valence electrons. The summed E-state index contributed by atoms with van der Waals surface area (Å²) in [5, 5.41) is 0. The third kappa shape index (κ3) is 11.8. The van der Waals surface area contributed by atoms with E-state index in [1.807, 2.05) is 13.8 Å². The minimum atomic E-state index is -0.227. The lowest BCUT2D eigenvalue weighted by Gasteiger charge is -2.58. The van der Waals surface area contributed by atoms with Gasteiger partial charge in [0.15, 0.2) is 0 Å². The zero-order valence-electron chi connectivity index (χ0n) is 33.8. The second-order valence-corrected chi connectivity index (χ2v) is 17.4. The summed E-state index contributed by atoms with van der Waals surface area (Å²) in [6.45, 7) is 16.1. The van der Waals surface area contributed by atoms with E-state index in [1.54, 1.807) is 10.5 Å². The predicted molar refractivity (Wildman–Crippen MR) is 211 cm³/mol. The molecule has 3 saturated carbocycles. The van der Waals surface area contributed by atoms with Gasteiger partial charge in [-0.25, -0.2) is 0 Å². The molecule has 0 saturated heterocycles. The van der Waals surface area contributed by atoms with E-state index >= 15 is 0 Å². The monoisotopic (exact) mass is 700 g/mol. The lowest BCUT2D eigenvalue weighted by molar-refractivity contribution is -0.156. The van der Waals surface area contributed by atoms with Crippen LogP contribution in [0.1, 0.15) is 183 Å². The molecule has 0 aliphatic heterocycles. The standard InChI is InChI=1S/C42H75N3O3.C2H6/c1-32(2)16-11-12-17-33-20-22-37-36-21-19-34-30-35(23-25-42(34,4)38(36)24-26-41(33,37)3)48-40(47)31-45(39(46)18-10-9-14-28-44)29-15-8-6-5-7-13-27-43;1-2/h19,32-33,35-38H,5-18,20-31,43-44H2,1-4H3;1-2H3. The van der Waals surface area contributed by atoms with Gasteiger partial charge in [0.05, 0.1) is 0 Å². The van der Waals surface area contributed by atoms with Crippen molar-refractivity contribution >= 4 is 11.9 Å². The van der Waals surface area contributed by atoms with Gasteiger partial charge >= 0.3 is 5.97 Å². The van der Waals surface area contributed by atoms with Crippen molar-refractivity contribution in [3.05, 3.63) is 11.6 Å². The first-order valence-corrected chi connectivity index (χ1v) is 21.7. The fraction of sp³-hybridized carbons (Fsp3) is 0.909. The van der Waals surface area contributed by atoms with Gasteiger partial charge in [-0.1, -0.05) is 105 Å². The molecule has 4 N–H and O–H groups in total. The number of carbonyl (C=O) groups is 2. The average Bonchev–Trinajstić information content (AvgIpc) is 3.44. The largest absolute Gasteiger partial charge is 0.461 e. The van der Waals surface area contributed by atoms with E-state index in [9.17, 15) is 9.59 Å². The normalized spacial score (nSPS) is 30.0. The highest BCUT2D eigenvalue weighted by Gasteiger charge is 2.58. The molecule has 0 radical (unpaired) electrons. The molecule has 4 rings (SSSR count). The fourth-order valence-electron chi connectivity index (χ4n) is 10.8. The molecule has 4 aliphatic carbocycles. The molecule has 4 aliphatic rings. The van der Waals surface area contributed by atoms with E-state index in [0.717, 1.165) is 100 Å². The third-order valence-corrected chi connectivity index (χ3v) is 13.8. The van der Waals surface area contributed by atoms with Crippen LogP contribution in [0.15, 0.2) is 11.6 Å². The number of ether oxygens (including phenoxy) is 1. The first kappa shape index (κ1) is 43.0. The number of nitrogens with zero attached hydrogens (tertiary/aromatic N) is 1. The zero-order chi connectivity index (χ0) is 36.6. The van der Waals surface area contributed by atoms with Gasteiger partial charge in [0.1, 0.15) is 12.6 Å². The number of hydrogen-bond acceptors (Lipinski definition) is 5. The Morgan fingerprint density at radius 3 is 2.22 bits per heavy atom. The van der Waals surface area contributed by atoms with Crippen LogP contribution >= 0.6 is 0 Å². The summed E-state index contributed by atoms with van der Waals surface area (Å²) < 4.78 is 6.18. The van der Waals surface area contributed by atoms with Gasteiger partial charge in [0.2, 0.25) is 5.91 Å². The van der Waals surface area contributed by atoms with Crippen LogP contribution in [0, 0.1) is 40.4 Å². The summed E-state index contributed by atoms with van der Waals surface area (Å²) in [6, 6.07) is 0. The Balaban J connectivity index is 0.00000332. The Labute approximate surface area is 309 Å². The second kappa shape index (κ2) is 22.0. The van der Waals surface area contributed by atoms with Crippen molar-refractivity contribution in [1.29, 1.82) is 0 Å². The second-order valence-electron chi connectivity index (χ2n) is 17.4. The molecule has 0 aromatic rings. The lowest BCUT2D eigenvalue weighted by atomic mass is 9.47. The predicted octanol–water partition coefficient (Wildman–Crippen LogP) is 10.4. The maximum Gasteiger partial charge on any atom is 0.325 e. The summed E-state index contributed by atoms with van der Waals surface area (Å²) in [5.41, 5.74) is 13.6. The number of amides is 1. The Hall–Kier alpha value is -1.40. The highest BCUT2D eigenvalue weighted by molar-refractivity contribution is 5.82. The van der Waals surface area contributed by atoms with E-state index in [0.29, 0.717) is 24.9 Å². The number of fused-ring (bicyclic) bond motifs is 5. The summed E-state index contributed by atoms with van der Waals surface area (Å²) >= 11 is 0. The lowest BCUT2D eigenvalue weighted by Crippen LogP contribution is -2.50. The summed E-state index contributed by atoms with van der Waals surface area (Å²) in [7, 11) is 0. The van der Waals surface area contributed by atoms with Crippen LogP contribution in [0.25, 0.3) is 0 Å². The van der Waals surface area contributed by atoms with E-state index < -0.39 is 0 Å². The molecule has 3 fully saturated rings. The smallest absolute Gasteiger partial charge is 0.325 e. The molecule has 0 aromatic heterocycles. The van der Waals surface area contributed by atoms with Crippen LogP contribution < -0.4 is 11.5 Å². The van der Waals surface area contributed by atoms with Gasteiger partial charge in [0, 0.05) is 19.4 Å².